The summed E-state index contributed by atoms with van der Waals surface area (Å²) in [6.45, 7) is 1.35. The van der Waals surface area contributed by atoms with Crippen molar-refractivity contribution in [3.63, 3.8) is 0 Å². The number of rotatable bonds is 3. The molecule has 0 heterocycles. The summed E-state index contributed by atoms with van der Waals surface area (Å²) in [5.41, 5.74) is 0.446. The van der Waals surface area contributed by atoms with Crippen LogP contribution in [0, 0.1) is 0 Å². The molecular weight excluding hydrogens is 270 g/mol. The molecule has 0 atom stereocenters. The normalized spacial score (nSPS) is 11.2. The Kier molecular flexibility index (Phi) is 4.23. The van der Waals surface area contributed by atoms with E-state index in [1.807, 2.05) is 6.26 Å². The van der Waals surface area contributed by atoms with Gasteiger partial charge in [0.15, 0.2) is 0 Å². The van der Waals surface area contributed by atoms with Crippen LogP contribution in [0.1, 0.15) is 6.92 Å². The minimum Gasteiger partial charge on any atom is -0.325 e. The molecule has 4 nitrogen and oxygen atoms in total. The minimum atomic E-state index is -3.77. The maximum Gasteiger partial charge on any atom is 0.261 e. The Hall–Kier alpha value is -0.720. The Morgan fingerprint density at radius 1 is 1.44 bits per heavy atom. The lowest BCUT2D eigenvalue weighted by atomic mass is 10.3. The van der Waals surface area contributed by atoms with Crippen molar-refractivity contribution in [2.24, 2.45) is 0 Å². The van der Waals surface area contributed by atoms with Gasteiger partial charge in [-0.05, 0) is 24.5 Å². The molecular formula is C9H10ClNO3S2. The summed E-state index contributed by atoms with van der Waals surface area (Å²) in [6, 6.07) is 4.35. The number of halogens is 1. The van der Waals surface area contributed by atoms with Crippen LogP contribution < -0.4 is 5.32 Å². The lowest BCUT2D eigenvalue weighted by Crippen LogP contribution is -2.07. The van der Waals surface area contributed by atoms with Crippen LogP contribution in [0.2, 0.25) is 0 Å². The van der Waals surface area contributed by atoms with E-state index < -0.39 is 9.05 Å². The molecule has 1 N–H and O–H groups in total. The smallest absolute Gasteiger partial charge is 0.261 e. The van der Waals surface area contributed by atoms with Crippen molar-refractivity contribution in [2.75, 3.05) is 11.6 Å². The van der Waals surface area contributed by atoms with Crippen LogP contribution >= 0.6 is 22.4 Å². The molecule has 1 aromatic carbocycles. The molecule has 88 valence electrons. The number of carbonyl (C=O) groups excluding carboxylic acids is 1. The van der Waals surface area contributed by atoms with Gasteiger partial charge in [0, 0.05) is 22.5 Å². The van der Waals surface area contributed by atoms with Gasteiger partial charge in [-0.3, -0.25) is 4.79 Å². The van der Waals surface area contributed by atoms with E-state index in [1.165, 1.54) is 30.8 Å². The summed E-state index contributed by atoms with van der Waals surface area (Å²) in [5, 5.41) is 2.55. The van der Waals surface area contributed by atoms with E-state index in [9.17, 15) is 13.2 Å². The lowest BCUT2D eigenvalue weighted by Gasteiger charge is -2.08. The second-order valence-electron chi connectivity index (χ2n) is 2.98. The van der Waals surface area contributed by atoms with Crippen molar-refractivity contribution >= 4 is 43.1 Å². The summed E-state index contributed by atoms with van der Waals surface area (Å²) in [4.78, 5) is 11.7. The number of benzene rings is 1. The fourth-order valence-corrected chi connectivity index (χ4v) is 2.44. The molecule has 16 heavy (non-hydrogen) atoms. The standard InChI is InChI=1S/C9H10ClNO3S2/c1-6(12)11-8-5-7(16(10,13)14)3-4-9(8)15-2/h3-5H,1-2H3,(H,11,12). The summed E-state index contributed by atoms with van der Waals surface area (Å²) in [7, 11) is 1.44. The SMILES string of the molecule is CSc1ccc(S(=O)(=O)Cl)cc1NC(C)=O. The molecule has 7 heteroatoms. The van der Waals surface area contributed by atoms with E-state index in [4.69, 9.17) is 10.7 Å². The molecule has 0 fully saturated rings. The zero-order chi connectivity index (χ0) is 12.3. The van der Waals surface area contributed by atoms with Crippen LogP contribution in [0.25, 0.3) is 0 Å². The monoisotopic (exact) mass is 279 g/mol. The number of hydrogen-bond donors (Lipinski definition) is 1. The van der Waals surface area contributed by atoms with Crippen molar-refractivity contribution in [3.05, 3.63) is 18.2 Å². The van der Waals surface area contributed by atoms with Gasteiger partial charge in [-0.25, -0.2) is 8.42 Å². The predicted molar refractivity (Wildman–Crippen MR) is 65.6 cm³/mol. The summed E-state index contributed by atoms with van der Waals surface area (Å²) in [6.07, 6.45) is 1.83. The zero-order valence-corrected chi connectivity index (χ0v) is 11.0. The molecule has 0 radical (unpaired) electrons. The van der Waals surface area contributed by atoms with Crippen molar-refractivity contribution in [1.82, 2.24) is 0 Å². The number of hydrogen-bond acceptors (Lipinski definition) is 4. The fraction of sp³-hybridized carbons (Fsp3) is 0.222. The Morgan fingerprint density at radius 2 is 2.06 bits per heavy atom. The molecule has 0 saturated carbocycles. The molecule has 0 saturated heterocycles. The highest BCUT2D eigenvalue weighted by Crippen LogP contribution is 2.29. The number of amides is 1. The third kappa shape index (κ3) is 3.40. The zero-order valence-electron chi connectivity index (χ0n) is 8.65. The van der Waals surface area contributed by atoms with E-state index in [-0.39, 0.29) is 10.8 Å². The Morgan fingerprint density at radius 3 is 2.50 bits per heavy atom. The van der Waals surface area contributed by atoms with Crippen molar-refractivity contribution in [3.8, 4) is 0 Å². The first-order valence-electron chi connectivity index (χ1n) is 4.25. The van der Waals surface area contributed by atoms with E-state index in [0.717, 1.165) is 4.90 Å². The quantitative estimate of drug-likeness (QED) is 0.681. The first-order valence-corrected chi connectivity index (χ1v) is 7.78. The lowest BCUT2D eigenvalue weighted by molar-refractivity contribution is -0.114. The predicted octanol–water partition coefficient (Wildman–Crippen LogP) is 2.29. The molecule has 1 amide bonds. The molecule has 1 aromatic rings. The van der Waals surface area contributed by atoms with E-state index in [2.05, 4.69) is 5.32 Å². The average Bonchev–Trinajstić information content (AvgIpc) is 2.15. The maximum absolute atomic E-state index is 11.1. The van der Waals surface area contributed by atoms with E-state index in [1.54, 1.807) is 6.07 Å². The highest BCUT2D eigenvalue weighted by atomic mass is 35.7. The summed E-state index contributed by atoms with van der Waals surface area (Å²) >= 11 is 1.40. The third-order valence-electron chi connectivity index (χ3n) is 1.76. The largest absolute Gasteiger partial charge is 0.325 e. The molecule has 0 spiro atoms. The van der Waals surface area contributed by atoms with Gasteiger partial charge in [0.05, 0.1) is 10.6 Å². The van der Waals surface area contributed by atoms with E-state index >= 15 is 0 Å². The third-order valence-corrected chi connectivity index (χ3v) is 3.91. The molecule has 1 rings (SSSR count). The van der Waals surface area contributed by atoms with Gasteiger partial charge in [-0.1, -0.05) is 0 Å². The minimum absolute atomic E-state index is 0.0317. The second-order valence-corrected chi connectivity index (χ2v) is 6.40. The molecule has 0 bridgehead atoms. The first-order chi connectivity index (χ1) is 7.34. The van der Waals surface area contributed by atoms with Crippen LogP contribution in [-0.4, -0.2) is 20.6 Å². The number of anilines is 1. The Labute approximate surface area is 103 Å². The Bertz CT molecular complexity index is 513. The van der Waals surface area contributed by atoms with Gasteiger partial charge in [-0.2, -0.15) is 0 Å². The van der Waals surface area contributed by atoms with Crippen LogP contribution in [0.15, 0.2) is 28.0 Å². The topological polar surface area (TPSA) is 63.2 Å². The number of nitrogens with one attached hydrogen (secondary N) is 1. The molecule has 0 unspecified atom stereocenters. The summed E-state index contributed by atoms with van der Waals surface area (Å²) in [5.74, 6) is -0.264. The highest BCUT2D eigenvalue weighted by Gasteiger charge is 2.13. The van der Waals surface area contributed by atoms with Gasteiger partial charge in [0.1, 0.15) is 0 Å². The van der Waals surface area contributed by atoms with Gasteiger partial charge in [0.2, 0.25) is 5.91 Å². The fourth-order valence-electron chi connectivity index (χ4n) is 1.13. The Balaban J connectivity index is 3.27. The average molecular weight is 280 g/mol. The molecule has 0 aromatic heterocycles. The van der Waals surface area contributed by atoms with Gasteiger partial charge in [0.25, 0.3) is 9.05 Å². The van der Waals surface area contributed by atoms with Crippen molar-refractivity contribution in [1.29, 1.82) is 0 Å². The van der Waals surface area contributed by atoms with Crippen LogP contribution in [0.5, 0.6) is 0 Å². The van der Waals surface area contributed by atoms with Crippen LogP contribution in [0.4, 0.5) is 5.69 Å². The maximum atomic E-state index is 11.1. The second kappa shape index (κ2) is 5.07. The van der Waals surface area contributed by atoms with Crippen LogP contribution in [-0.2, 0) is 13.8 Å². The van der Waals surface area contributed by atoms with Crippen molar-refractivity contribution < 1.29 is 13.2 Å². The highest BCUT2D eigenvalue weighted by molar-refractivity contribution is 8.13. The summed E-state index contributed by atoms with van der Waals surface area (Å²) < 4.78 is 22.2. The molecule has 0 aliphatic heterocycles. The van der Waals surface area contributed by atoms with E-state index in [0.29, 0.717) is 5.69 Å². The molecule has 0 aliphatic carbocycles. The number of thioether (sulfide) groups is 1. The number of carbonyl (C=O) groups is 1. The first kappa shape index (κ1) is 13.3. The van der Waals surface area contributed by atoms with Gasteiger partial charge >= 0.3 is 0 Å². The van der Waals surface area contributed by atoms with Gasteiger partial charge < -0.3 is 5.32 Å². The van der Waals surface area contributed by atoms with Crippen molar-refractivity contribution in [2.45, 2.75) is 16.7 Å². The molecule has 0 aliphatic rings. The van der Waals surface area contributed by atoms with Crippen LogP contribution in [0.3, 0.4) is 0 Å². The van der Waals surface area contributed by atoms with Gasteiger partial charge in [-0.15, -0.1) is 11.8 Å².